The van der Waals surface area contributed by atoms with Gasteiger partial charge < -0.3 is 31.1 Å². The van der Waals surface area contributed by atoms with Crippen LogP contribution in [-0.2, 0) is 25.6 Å². The first-order valence-corrected chi connectivity index (χ1v) is 11.7. The van der Waals surface area contributed by atoms with Gasteiger partial charge in [-0.3, -0.25) is 14.4 Å². The Kier molecular flexibility index (Phi) is 8.56. The van der Waals surface area contributed by atoms with Crippen LogP contribution in [0.4, 0.5) is 0 Å². The highest BCUT2D eigenvalue weighted by atomic mass is 32.1. The van der Waals surface area contributed by atoms with E-state index in [4.69, 9.17) is 0 Å². The summed E-state index contributed by atoms with van der Waals surface area (Å²) in [4.78, 5) is 51.7. The fourth-order valence-corrected chi connectivity index (χ4v) is 4.46. The lowest BCUT2D eigenvalue weighted by atomic mass is 10.1. The SMILES string of the molecule is O=C(O)C(Cc1ccc(O)cc1)NC(=O)C(CS)NC(=O)C1CCCN1C(=O)C1CCCN1. The molecule has 0 bridgehead atoms. The molecule has 1 aromatic rings. The zero-order valence-electron chi connectivity index (χ0n) is 18.2. The second-order valence-corrected chi connectivity index (χ2v) is 8.72. The van der Waals surface area contributed by atoms with Crippen molar-refractivity contribution in [1.29, 1.82) is 0 Å². The Morgan fingerprint density at radius 3 is 2.42 bits per heavy atom. The van der Waals surface area contributed by atoms with Gasteiger partial charge in [0.15, 0.2) is 0 Å². The van der Waals surface area contributed by atoms with E-state index in [1.807, 2.05) is 0 Å². The normalized spacial score (nSPS) is 21.9. The molecule has 2 saturated heterocycles. The van der Waals surface area contributed by atoms with E-state index in [1.165, 1.54) is 12.1 Å². The number of amides is 3. The number of carboxylic acids is 1. The number of thiol groups is 1. The minimum atomic E-state index is -1.22. The van der Waals surface area contributed by atoms with Gasteiger partial charge in [-0.1, -0.05) is 12.1 Å². The molecule has 2 aliphatic heterocycles. The number of nitrogens with zero attached hydrogens (tertiary/aromatic N) is 1. The predicted molar refractivity (Wildman–Crippen MR) is 123 cm³/mol. The number of nitrogens with one attached hydrogen (secondary N) is 3. The standard InChI is InChI=1S/C22H30N4O6S/c27-14-7-5-13(6-8-14)11-16(22(31)32)24-19(28)17(12-33)25-20(29)18-4-2-10-26(18)21(30)15-3-1-9-23-15/h5-8,15-18,23,27,33H,1-4,9-12H2,(H,24,28)(H,25,29)(H,31,32). The lowest BCUT2D eigenvalue weighted by molar-refractivity contribution is -0.143. The summed E-state index contributed by atoms with van der Waals surface area (Å²) in [6.07, 6.45) is 2.86. The number of phenolic OH excluding ortho intramolecular Hbond substituents is 1. The van der Waals surface area contributed by atoms with E-state index >= 15 is 0 Å². The third-order valence-electron chi connectivity index (χ3n) is 6.00. The summed E-state index contributed by atoms with van der Waals surface area (Å²) in [6, 6.07) is 2.79. The fraction of sp³-hybridized carbons (Fsp3) is 0.545. The van der Waals surface area contributed by atoms with Gasteiger partial charge in [-0.15, -0.1) is 0 Å². The van der Waals surface area contributed by atoms with Crippen molar-refractivity contribution >= 4 is 36.3 Å². The van der Waals surface area contributed by atoms with Gasteiger partial charge in [0.2, 0.25) is 17.7 Å². The Morgan fingerprint density at radius 2 is 1.82 bits per heavy atom. The number of benzene rings is 1. The van der Waals surface area contributed by atoms with Gasteiger partial charge in [-0.2, -0.15) is 12.6 Å². The lowest BCUT2D eigenvalue weighted by Gasteiger charge is -2.28. The minimum absolute atomic E-state index is 0.00782. The summed E-state index contributed by atoms with van der Waals surface area (Å²) in [5.74, 6) is -2.42. The zero-order valence-corrected chi connectivity index (χ0v) is 19.1. The van der Waals surface area contributed by atoms with Crippen LogP contribution < -0.4 is 16.0 Å². The molecule has 180 valence electrons. The first-order valence-electron chi connectivity index (χ1n) is 11.1. The summed E-state index contributed by atoms with van der Waals surface area (Å²) >= 11 is 4.15. The van der Waals surface area contributed by atoms with E-state index in [0.717, 1.165) is 19.4 Å². The number of phenols is 1. The molecule has 0 aromatic heterocycles. The molecule has 0 radical (unpaired) electrons. The molecule has 5 N–H and O–H groups in total. The second-order valence-electron chi connectivity index (χ2n) is 8.35. The molecule has 1 aromatic carbocycles. The maximum Gasteiger partial charge on any atom is 0.326 e. The number of carboxylic acid groups (broad SMARTS) is 1. The molecule has 0 aliphatic carbocycles. The van der Waals surface area contributed by atoms with Gasteiger partial charge in [-0.05, 0) is 49.9 Å². The van der Waals surface area contributed by atoms with Crippen LogP contribution in [0, 0.1) is 0 Å². The van der Waals surface area contributed by atoms with Gasteiger partial charge in [0, 0.05) is 18.7 Å². The number of hydrogen-bond donors (Lipinski definition) is 6. The maximum absolute atomic E-state index is 12.9. The Hall–Kier alpha value is -2.79. The third-order valence-corrected chi connectivity index (χ3v) is 6.37. The van der Waals surface area contributed by atoms with Crippen molar-refractivity contribution in [2.45, 2.75) is 56.3 Å². The van der Waals surface area contributed by atoms with Crippen LogP contribution in [0.5, 0.6) is 5.75 Å². The largest absolute Gasteiger partial charge is 0.508 e. The molecule has 10 nitrogen and oxygen atoms in total. The van der Waals surface area contributed by atoms with Crippen molar-refractivity contribution in [3.8, 4) is 5.75 Å². The summed E-state index contributed by atoms with van der Waals surface area (Å²) in [5, 5.41) is 27.1. The van der Waals surface area contributed by atoms with Gasteiger partial charge in [0.1, 0.15) is 23.9 Å². The van der Waals surface area contributed by atoms with Crippen LogP contribution >= 0.6 is 12.6 Å². The van der Waals surface area contributed by atoms with Crippen molar-refractivity contribution in [1.82, 2.24) is 20.9 Å². The van der Waals surface area contributed by atoms with Crippen molar-refractivity contribution in [2.24, 2.45) is 0 Å². The molecule has 0 spiro atoms. The zero-order chi connectivity index (χ0) is 24.0. The van der Waals surface area contributed by atoms with E-state index in [2.05, 4.69) is 28.6 Å². The van der Waals surface area contributed by atoms with Crippen LogP contribution in [0.2, 0.25) is 0 Å². The molecule has 0 saturated carbocycles. The number of aliphatic carboxylic acids is 1. The predicted octanol–water partition coefficient (Wildman–Crippen LogP) is -0.338. The Bertz CT molecular complexity index is 874. The lowest BCUT2D eigenvalue weighted by Crippen LogP contribution is -2.57. The molecule has 2 heterocycles. The molecule has 11 heteroatoms. The van der Waals surface area contributed by atoms with Crippen molar-refractivity contribution in [3.63, 3.8) is 0 Å². The van der Waals surface area contributed by atoms with Crippen LogP contribution in [0.25, 0.3) is 0 Å². The first kappa shape index (κ1) is 24.8. The Balaban J connectivity index is 1.60. The highest BCUT2D eigenvalue weighted by Crippen LogP contribution is 2.21. The Morgan fingerprint density at radius 1 is 1.09 bits per heavy atom. The van der Waals surface area contributed by atoms with Crippen molar-refractivity contribution in [2.75, 3.05) is 18.8 Å². The number of rotatable bonds is 9. The molecular weight excluding hydrogens is 448 g/mol. The topological polar surface area (TPSA) is 148 Å². The second kappa shape index (κ2) is 11.4. The van der Waals surface area contributed by atoms with Crippen molar-refractivity contribution in [3.05, 3.63) is 29.8 Å². The smallest absolute Gasteiger partial charge is 0.326 e. The highest BCUT2D eigenvalue weighted by Gasteiger charge is 2.39. The molecule has 4 atom stereocenters. The maximum atomic E-state index is 12.9. The first-order chi connectivity index (χ1) is 15.8. The van der Waals surface area contributed by atoms with Gasteiger partial charge >= 0.3 is 5.97 Å². The molecule has 3 amide bonds. The van der Waals surface area contributed by atoms with E-state index < -0.39 is 35.9 Å². The molecule has 2 aliphatic rings. The summed E-state index contributed by atoms with van der Waals surface area (Å²) in [6.45, 7) is 1.26. The number of carbonyl (C=O) groups excluding carboxylic acids is 3. The summed E-state index contributed by atoms with van der Waals surface area (Å²) in [5.41, 5.74) is 0.618. The number of likely N-dealkylation sites (tertiary alicyclic amines) is 1. The average molecular weight is 479 g/mol. The average Bonchev–Trinajstić information content (AvgIpc) is 3.50. The van der Waals surface area contributed by atoms with Crippen LogP contribution in [-0.4, -0.2) is 81.8 Å². The van der Waals surface area contributed by atoms with E-state index in [9.17, 15) is 29.4 Å². The summed E-state index contributed by atoms with van der Waals surface area (Å²) < 4.78 is 0. The number of carbonyl (C=O) groups is 4. The number of aromatic hydroxyl groups is 1. The van der Waals surface area contributed by atoms with Gasteiger partial charge in [0.05, 0.1) is 6.04 Å². The van der Waals surface area contributed by atoms with Crippen molar-refractivity contribution < 1.29 is 29.4 Å². The van der Waals surface area contributed by atoms with Gasteiger partial charge in [-0.25, -0.2) is 4.79 Å². The van der Waals surface area contributed by atoms with Gasteiger partial charge in [0.25, 0.3) is 0 Å². The fourth-order valence-electron chi connectivity index (χ4n) is 4.20. The monoisotopic (exact) mass is 478 g/mol. The van der Waals surface area contributed by atoms with Crippen LogP contribution in [0.3, 0.4) is 0 Å². The van der Waals surface area contributed by atoms with E-state index in [1.54, 1.807) is 17.0 Å². The molecule has 33 heavy (non-hydrogen) atoms. The molecular formula is C22H30N4O6S. The highest BCUT2D eigenvalue weighted by molar-refractivity contribution is 7.80. The molecule has 3 rings (SSSR count). The molecule has 4 unspecified atom stereocenters. The third kappa shape index (κ3) is 6.38. The summed E-state index contributed by atoms with van der Waals surface area (Å²) in [7, 11) is 0. The van der Waals surface area contributed by atoms with Crippen LogP contribution in [0.15, 0.2) is 24.3 Å². The van der Waals surface area contributed by atoms with Crippen LogP contribution in [0.1, 0.15) is 31.2 Å². The number of hydrogen-bond acceptors (Lipinski definition) is 7. The molecule has 2 fully saturated rings. The Labute approximate surface area is 197 Å². The minimum Gasteiger partial charge on any atom is -0.508 e. The van der Waals surface area contributed by atoms with E-state index in [0.29, 0.717) is 24.9 Å². The quantitative estimate of drug-likeness (QED) is 0.266. The van der Waals surface area contributed by atoms with E-state index in [-0.39, 0.29) is 29.9 Å².